The summed E-state index contributed by atoms with van der Waals surface area (Å²) in [7, 11) is 0. The van der Waals surface area contributed by atoms with Crippen molar-refractivity contribution in [2.45, 2.75) is 12.8 Å². The van der Waals surface area contributed by atoms with Gasteiger partial charge in [0.05, 0.1) is 12.5 Å². The van der Waals surface area contributed by atoms with Gasteiger partial charge in [-0.1, -0.05) is 12.1 Å². The Kier molecular flexibility index (Phi) is 4.12. The van der Waals surface area contributed by atoms with Crippen LogP contribution in [0.4, 0.5) is 5.69 Å². The molecule has 1 atom stereocenters. The normalized spacial score (nSPS) is 19.2. The molecular formula is C13H18N2O2. The average Bonchev–Trinajstić information content (AvgIpc) is 2.86. The molecule has 1 saturated heterocycles. The molecule has 4 heteroatoms. The Balaban J connectivity index is 1.91. The van der Waals surface area contributed by atoms with Gasteiger partial charge in [0.2, 0.25) is 5.91 Å². The van der Waals surface area contributed by atoms with Gasteiger partial charge in [-0.15, -0.1) is 0 Å². The van der Waals surface area contributed by atoms with Crippen LogP contribution in [0.2, 0.25) is 0 Å². The second-order valence-electron chi connectivity index (χ2n) is 4.29. The summed E-state index contributed by atoms with van der Waals surface area (Å²) in [6, 6.07) is 7.82. The minimum atomic E-state index is -0.00119. The van der Waals surface area contributed by atoms with E-state index >= 15 is 0 Å². The topological polar surface area (TPSA) is 64.3 Å². The van der Waals surface area contributed by atoms with Crippen molar-refractivity contribution in [1.82, 2.24) is 0 Å². The standard InChI is InChI=1S/C13H18N2O2/c14-7-5-10-1-3-12(4-2-10)15-13(16)11-6-8-17-9-11/h1-4,11H,5-9,14H2,(H,15,16). The number of benzene rings is 1. The lowest BCUT2D eigenvalue weighted by Gasteiger charge is -2.09. The van der Waals surface area contributed by atoms with Gasteiger partial charge in [-0.3, -0.25) is 4.79 Å². The third kappa shape index (κ3) is 3.28. The minimum absolute atomic E-state index is 0.00119. The summed E-state index contributed by atoms with van der Waals surface area (Å²) in [6.07, 6.45) is 1.68. The van der Waals surface area contributed by atoms with Crippen molar-refractivity contribution in [2.24, 2.45) is 11.7 Å². The van der Waals surface area contributed by atoms with Crippen LogP contribution in [0.15, 0.2) is 24.3 Å². The molecule has 1 aromatic rings. The number of carbonyl (C=O) groups excluding carboxylic acids is 1. The van der Waals surface area contributed by atoms with Crippen LogP contribution >= 0.6 is 0 Å². The molecule has 0 saturated carbocycles. The largest absolute Gasteiger partial charge is 0.381 e. The fourth-order valence-corrected chi connectivity index (χ4v) is 1.91. The molecule has 1 aliphatic heterocycles. The summed E-state index contributed by atoms with van der Waals surface area (Å²) in [5.74, 6) is 0.0489. The molecule has 92 valence electrons. The molecule has 1 aliphatic rings. The van der Waals surface area contributed by atoms with E-state index in [0.29, 0.717) is 19.8 Å². The highest BCUT2D eigenvalue weighted by atomic mass is 16.5. The molecule has 1 aromatic carbocycles. The fraction of sp³-hybridized carbons (Fsp3) is 0.462. The molecule has 0 spiro atoms. The van der Waals surface area contributed by atoms with Crippen molar-refractivity contribution in [2.75, 3.05) is 25.1 Å². The smallest absolute Gasteiger partial charge is 0.229 e. The summed E-state index contributed by atoms with van der Waals surface area (Å²) in [6.45, 7) is 1.87. The van der Waals surface area contributed by atoms with Gasteiger partial charge in [-0.25, -0.2) is 0 Å². The Morgan fingerprint density at radius 2 is 2.18 bits per heavy atom. The van der Waals surface area contributed by atoms with Crippen LogP contribution in [-0.4, -0.2) is 25.7 Å². The summed E-state index contributed by atoms with van der Waals surface area (Å²) in [5.41, 5.74) is 7.50. The number of hydrogen-bond donors (Lipinski definition) is 2. The predicted molar refractivity (Wildman–Crippen MR) is 66.8 cm³/mol. The maximum atomic E-state index is 11.8. The summed E-state index contributed by atoms with van der Waals surface area (Å²) in [5, 5.41) is 2.90. The van der Waals surface area contributed by atoms with Gasteiger partial charge in [-0.05, 0) is 37.1 Å². The highest BCUT2D eigenvalue weighted by Gasteiger charge is 2.23. The number of carbonyl (C=O) groups is 1. The summed E-state index contributed by atoms with van der Waals surface area (Å²) in [4.78, 5) is 11.8. The monoisotopic (exact) mass is 234 g/mol. The number of hydrogen-bond acceptors (Lipinski definition) is 3. The van der Waals surface area contributed by atoms with Crippen LogP contribution in [0.25, 0.3) is 0 Å². The van der Waals surface area contributed by atoms with Crippen molar-refractivity contribution in [3.63, 3.8) is 0 Å². The van der Waals surface area contributed by atoms with E-state index in [9.17, 15) is 4.79 Å². The zero-order chi connectivity index (χ0) is 12.1. The van der Waals surface area contributed by atoms with Crippen LogP contribution in [0, 0.1) is 5.92 Å². The summed E-state index contributed by atoms with van der Waals surface area (Å²) >= 11 is 0. The molecule has 1 amide bonds. The van der Waals surface area contributed by atoms with Crippen LogP contribution in [0.3, 0.4) is 0 Å². The Hall–Kier alpha value is -1.39. The number of rotatable bonds is 4. The maximum Gasteiger partial charge on any atom is 0.229 e. The first-order valence-corrected chi connectivity index (χ1v) is 5.97. The highest BCUT2D eigenvalue weighted by Crippen LogP contribution is 2.16. The molecule has 3 N–H and O–H groups in total. The average molecular weight is 234 g/mol. The van der Waals surface area contributed by atoms with E-state index in [4.69, 9.17) is 10.5 Å². The predicted octanol–water partition coefficient (Wildman–Crippen LogP) is 1.16. The van der Waals surface area contributed by atoms with Crippen molar-refractivity contribution >= 4 is 11.6 Å². The second kappa shape index (κ2) is 5.80. The number of ether oxygens (including phenoxy) is 1. The Morgan fingerprint density at radius 1 is 1.41 bits per heavy atom. The molecule has 0 bridgehead atoms. The maximum absolute atomic E-state index is 11.8. The number of nitrogens with two attached hydrogens (primary N) is 1. The van der Waals surface area contributed by atoms with Crippen molar-refractivity contribution in [1.29, 1.82) is 0 Å². The van der Waals surface area contributed by atoms with Gasteiger partial charge in [0.1, 0.15) is 0 Å². The van der Waals surface area contributed by atoms with Crippen LogP contribution < -0.4 is 11.1 Å². The van der Waals surface area contributed by atoms with Crippen molar-refractivity contribution < 1.29 is 9.53 Å². The van der Waals surface area contributed by atoms with E-state index < -0.39 is 0 Å². The molecule has 1 fully saturated rings. The van der Waals surface area contributed by atoms with E-state index in [2.05, 4.69) is 5.32 Å². The molecule has 0 aromatic heterocycles. The number of nitrogens with one attached hydrogen (secondary N) is 1. The van der Waals surface area contributed by atoms with E-state index in [0.717, 1.165) is 18.5 Å². The van der Waals surface area contributed by atoms with E-state index in [-0.39, 0.29) is 11.8 Å². The molecule has 1 heterocycles. The van der Waals surface area contributed by atoms with Crippen LogP contribution in [0.5, 0.6) is 0 Å². The molecule has 0 radical (unpaired) electrons. The number of anilines is 1. The molecular weight excluding hydrogens is 216 g/mol. The van der Waals surface area contributed by atoms with Gasteiger partial charge in [0.15, 0.2) is 0 Å². The third-order valence-electron chi connectivity index (χ3n) is 2.95. The van der Waals surface area contributed by atoms with E-state index in [1.807, 2.05) is 24.3 Å². The number of amides is 1. The minimum Gasteiger partial charge on any atom is -0.381 e. The lowest BCUT2D eigenvalue weighted by Crippen LogP contribution is -2.22. The Morgan fingerprint density at radius 3 is 2.76 bits per heavy atom. The fourth-order valence-electron chi connectivity index (χ4n) is 1.91. The molecule has 0 aliphatic carbocycles. The van der Waals surface area contributed by atoms with Crippen LogP contribution in [0.1, 0.15) is 12.0 Å². The first kappa shape index (κ1) is 12.1. The lowest BCUT2D eigenvalue weighted by molar-refractivity contribution is -0.119. The van der Waals surface area contributed by atoms with Gasteiger partial charge in [0.25, 0.3) is 0 Å². The van der Waals surface area contributed by atoms with Crippen molar-refractivity contribution in [3.05, 3.63) is 29.8 Å². The molecule has 4 nitrogen and oxygen atoms in total. The zero-order valence-electron chi connectivity index (χ0n) is 9.82. The lowest BCUT2D eigenvalue weighted by atomic mass is 10.1. The second-order valence-corrected chi connectivity index (χ2v) is 4.29. The van der Waals surface area contributed by atoms with Gasteiger partial charge >= 0.3 is 0 Å². The van der Waals surface area contributed by atoms with Crippen molar-refractivity contribution in [3.8, 4) is 0 Å². The third-order valence-corrected chi connectivity index (χ3v) is 2.95. The van der Waals surface area contributed by atoms with Gasteiger partial charge < -0.3 is 15.8 Å². The highest BCUT2D eigenvalue weighted by molar-refractivity contribution is 5.92. The SMILES string of the molecule is NCCc1ccc(NC(=O)C2CCOC2)cc1. The first-order chi connectivity index (χ1) is 8.29. The Labute approximate surface area is 101 Å². The van der Waals surface area contributed by atoms with E-state index in [1.165, 1.54) is 5.56 Å². The quantitative estimate of drug-likeness (QED) is 0.821. The van der Waals surface area contributed by atoms with E-state index in [1.54, 1.807) is 0 Å². The van der Waals surface area contributed by atoms with Gasteiger partial charge in [0, 0.05) is 12.3 Å². The molecule has 1 unspecified atom stereocenters. The molecule has 17 heavy (non-hydrogen) atoms. The molecule has 2 rings (SSSR count). The first-order valence-electron chi connectivity index (χ1n) is 5.97. The van der Waals surface area contributed by atoms with Gasteiger partial charge in [-0.2, -0.15) is 0 Å². The van der Waals surface area contributed by atoms with Crippen LogP contribution in [-0.2, 0) is 16.0 Å². The summed E-state index contributed by atoms with van der Waals surface area (Å²) < 4.78 is 5.19. The zero-order valence-corrected chi connectivity index (χ0v) is 9.82. The Bertz CT molecular complexity index is 370.